The molecule has 1 aliphatic heterocycles. The minimum Gasteiger partial charge on any atom is -0.497 e. The number of aryl methyl sites for hydroxylation is 1. The number of hydrogen-bond acceptors (Lipinski definition) is 3. The lowest BCUT2D eigenvalue weighted by molar-refractivity contribution is -0.121. The van der Waals surface area contributed by atoms with Gasteiger partial charge in [-0.15, -0.1) is 0 Å². The molecule has 2 atom stereocenters. The Kier molecular flexibility index (Phi) is 5.57. The Labute approximate surface area is 154 Å². The van der Waals surface area contributed by atoms with Crippen molar-refractivity contribution in [2.45, 2.75) is 38.8 Å². The molecule has 1 saturated heterocycles. The molecule has 1 fully saturated rings. The molecule has 2 aromatic rings. The average Bonchev–Trinajstić information content (AvgIpc) is 3.14. The highest BCUT2D eigenvalue weighted by molar-refractivity contribution is 5.94. The zero-order chi connectivity index (χ0) is 18.7. The molecule has 0 unspecified atom stereocenters. The molecule has 5 heteroatoms. The fraction of sp³-hybridized carbons (Fsp3) is 0.381. The molecule has 1 amide bonds. The SMILES string of the molecule is COc1ccc([C@@H]2CCCN2[C@@H](C)C(=O)Nc2ccc(C)c(F)c2)cc1. The first kappa shape index (κ1) is 18.4. The Morgan fingerprint density at radius 3 is 2.65 bits per heavy atom. The summed E-state index contributed by atoms with van der Waals surface area (Å²) in [6, 6.07) is 12.7. The van der Waals surface area contributed by atoms with Crippen molar-refractivity contribution in [3.63, 3.8) is 0 Å². The summed E-state index contributed by atoms with van der Waals surface area (Å²) in [4.78, 5) is 14.9. The smallest absolute Gasteiger partial charge is 0.241 e. The van der Waals surface area contributed by atoms with E-state index in [4.69, 9.17) is 4.74 Å². The fourth-order valence-corrected chi connectivity index (χ4v) is 3.50. The van der Waals surface area contributed by atoms with Crippen molar-refractivity contribution < 1.29 is 13.9 Å². The van der Waals surface area contributed by atoms with Gasteiger partial charge in [0.15, 0.2) is 0 Å². The van der Waals surface area contributed by atoms with Gasteiger partial charge in [-0.2, -0.15) is 0 Å². The molecule has 1 aliphatic rings. The van der Waals surface area contributed by atoms with Crippen LogP contribution in [0.2, 0.25) is 0 Å². The van der Waals surface area contributed by atoms with Crippen molar-refractivity contribution in [3.05, 3.63) is 59.4 Å². The summed E-state index contributed by atoms with van der Waals surface area (Å²) in [6.45, 7) is 4.47. The van der Waals surface area contributed by atoms with Gasteiger partial charge in [-0.1, -0.05) is 18.2 Å². The summed E-state index contributed by atoms with van der Waals surface area (Å²) in [7, 11) is 1.65. The highest BCUT2D eigenvalue weighted by atomic mass is 19.1. The number of carbonyl (C=O) groups is 1. The van der Waals surface area contributed by atoms with E-state index >= 15 is 0 Å². The van der Waals surface area contributed by atoms with Crippen LogP contribution in [-0.2, 0) is 4.79 Å². The molecule has 26 heavy (non-hydrogen) atoms. The largest absolute Gasteiger partial charge is 0.497 e. The van der Waals surface area contributed by atoms with Gasteiger partial charge >= 0.3 is 0 Å². The van der Waals surface area contributed by atoms with Gasteiger partial charge < -0.3 is 10.1 Å². The molecule has 0 spiro atoms. The Morgan fingerprint density at radius 1 is 1.27 bits per heavy atom. The zero-order valence-electron chi connectivity index (χ0n) is 15.5. The molecule has 1 N–H and O–H groups in total. The molecule has 0 bridgehead atoms. The molecule has 1 heterocycles. The molecular formula is C21H25FN2O2. The van der Waals surface area contributed by atoms with Crippen molar-refractivity contribution in [3.8, 4) is 5.75 Å². The first-order valence-electron chi connectivity index (χ1n) is 8.96. The van der Waals surface area contributed by atoms with E-state index in [-0.39, 0.29) is 23.8 Å². The number of methoxy groups -OCH3 is 1. The maximum absolute atomic E-state index is 13.7. The lowest BCUT2D eigenvalue weighted by atomic mass is 10.0. The normalized spacial score (nSPS) is 18.5. The van der Waals surface area contributed by atoms with Gasteiger partial charge in [-0.05, 0) is 68.6 Å². The summed E-state index contributed by atoms with van der Waals surface area (Å²) in [5, 5.41) is 2.84. The van der Waals surface area contributed by atoms with Crippen LogP contribution in [-0.4, -0.2) is 30.5 Å². The molecular weight excluding hydrogens is 331 g/mol. The van der Waals surface area contributed by atoms with Gasteiger partial charge in [0.25, 0.3) is 0 Å². The number of rotatable bonds is 5. The summed E-state index contributed by atoms with van der Waals surface area (Å²) in [5.74, 6) is 0.395. The number of benzene rings is 2. The molecule has 0 aliphatic carbocycles. The predicted octanol–water partition coefficient (Wildman–Crippen LogP) is 4.31. The molecule has 3 rings (SSSR count). The lowest BCUT2D eigenvalue weighted by Crippen LogP contribution is -2.41. The van der Waals surface area contributed by atoms with Gasteiger partial charge in [0.05, 0.1) is 13.2 Å². The molecule has 0 saturated carbocycles. The summed E-state index contributed by atoms with van der Waals surface area (Å²) in [6.07, 6.45) is 2.07. The molecule has 0 aromatic heterocycles. The summed E-state index contributed by atoms with van der Waals surface area (Å²) in [5.41, 5.74) is 2.24. The van der Waals surface area contributed by atoms with Gasteiger partial charge in [0, 0.05) is 11.7 Å². The Balaban J connectivity index is 1.71. The summed E-state index contributed by atoms with van der Waals surface area (Å²) >= 11 is 0. The zero-order valence-corrected chi connectivity index (χ0v) is 15.5. The number of carbonyl (C=O) groups excluding carboxylic acids is 1. The number of ether oxygens (including phenoxy) is 1. The Hall–Kier alpha value is -2.40. The van der Waals surface area contributed by atoms with Crippen LogP contribution in [0.25, 0.3) is 0 Å². The summed E-state index contributed by atoms with van der Waals surface area (Å²) < 4.78 is 18.9. The quantitative estimate of drug-likeness (QED) is 0.868. The topological polar surface area (TPSA) is 41.6 Å². The first-order valence-corrected chi connectivity index (χ1v) is 8.96. The minimum atomic E-state index is -0.312. The third-order valence-electron chi connectivity index (χ3n) is 5.11. The van der Waals surface area contributed by atoms with Crippen LogP contribution < -0.4 is 10.1 Å². The van der Waals surface area contributed by atoms with E-state index in [9.17, 15) is 9.18 Å². The predicted molar refractivity (Wildman–Crippen MR) is 101 cm³/mol. The van der Waals surface area contributed by atoms with E-state index in [0.29, 0.717) is 11.3 Å². The van der Waals surface area contributed by atoms with Crippen molar-refractivity contribution >= 4 is 11.6 Å². The van der Waals surface area contributed by atoms with E-state index in [2.05, 4.69) is 22.3 Å². The molecule has 138 valence electrons. The van der Waals surface area contributed by atoms with Gasteiger partial charge in [0.1, 0.15) is 11.6 Å². The maximum Gasteiger partial charge on any atom is 0.241 e. The van der Waals surface area contributed by atoms with Crippen LogP contribution in [0.4, 0.5) is 10.1 Å². The van der Waals surface area contributed by atoms with Crippen LogP contribution in [0.15, 0.2) is 42.5 Å². The third-order valence-corrected chi connectivity index (χ3v) is 5.11. The van der Waals surface area contributed by atoms with E-state index < -0.39 is 0 Å². The standard InChI is InChI=1S/C21H25FN2O2/c1-14-6-9-17(13-19(14)22)23-21(25)15(2)24-12-4-5-20(24)16-7-10-18(26-3)11-8-16/h6-11,13,15,20H,4-5,12H2,1-3H3,(H,23,25)/t15-,20-/m0/s1. The van der Waals surface area contributed by atoms with Crippen LogP contribution in [0.5, 0.6) is 5.75 Å². The lowest BCUT2D eigenvalue weighted by Gasteiger charge is -2.30. The van der Waals surface area contributed by atoms with Crippen LogP contribution in [0, 0.1) is 12.7 Å². The van der Waals surface area contributed by atoms with Crippen molar-refractivity contribution in [2.75, 3.05) is 19.0 Å². The minimum absolute atomic E-state index is 0.117. The second kappa shape index (κ2) is 7.87. The molecule has 0 radical (unpaired) electrons. The monoisotopic (exact) mass is 356 g/mol. The number of nitrogens with zero attached hydrogens (tertiary/aromatic N) is 1. The van der Waals surface area contributed by atoms with Crippen LogP contribution >= 0.6 is 0 Å². The fourth-order valence-electron chi connectivity index (χ4n) is 3.50. The molecule has 2 aromatic carbocycles. The van der Waals surface area contributed by atoms with E-state index in [1.165, 1.54) is 11.6 Å². The van der Waals surface area contributed by atoms with Crippen LogP contribution in [0.3, 0.4) is 0 Å². The number of likely N-dealkylation sites (tertiary alicyclic amines) is 1. The maximum atomic E-state index is 13.7. The number of anilines is 1. The van der Waals surface area contributed by atoms with Crippen molar-refractivity contribution in [1.29, 1.82) is 0 Å². The number of nitrogens with one attached hydrogen (secondary N) is 1. The van der Waals surface area contributed by atoms with Crippen molar-refractivity contribution in [1.82, 2.24) is 4.90 Å². The van der Waals surface area contributed by atoms with E-state index in [0.717, 1.165) is 25.1 Å². The van der Waals surface area contributed by atoms with Crippen LogP contribution in [0.1, 0.15) is 36.9 Å². The second-order valence-electron chi connectivity index (χ2n) is 6.80. The average molecular weight is 356 g/mol. The highest BCUT2D eigenvalue weighted by Gasteiger charge is 2.33. The number of amides is 1. The number of halogens is 1. The van der Waals surface area contributed by atoms with E-state index in [1.54, 1.807) is 26.2 Å². The third kappa shape index (κ3) is 3.88. The Bertz CT molecular complexity index is 776. The number of hydrogen-bond donors (Lipinski definition) is 1. The van der Waals surface area contributed by atoms with Crippen molar-refractivity contribution in [2.24, 2.45) is 0 Å². The van der Waals surface area contributed by atoms with Gasteiger partial charge in [-0.3, -0.25) is 9.69 Å². The highest BCUT2D eigenvalue weighted by Crippen LogP contribution is 2.34. The van der Waals surface area contributed by atoms with E-state index in [1.807, 2.05) is 19.1 Å². The second-order valence-corrected chi connectivity index (χ2v) is 6.80. The van der Waals surface area contributed by atoms with Gasteiger partial charge in [0.2, 0.25) is 5.91 Å². The Morgan fingerprint density at radius 2 is 2.00 bits per heavy atom. The van der Waals surface area contributed by atoms with Gasteiger partial charge in [-0.25, -0.2) is 4.39 Å². The first-order chi connectivity index (χ1) is 12.5. The molecule has 4 nitrogen and oxygen atoms in total.